The number of nitrogens with zero attached hydrogens (tertiary/aromatic N) is 3. The third kappa shape index (κ3) is 7.19. The van der Waals surface area contributed by atoms with Gasteiger partial charge in [0.25, 0.3) is 0 Å². The lowest BCUT2D eigenvalue weighted by Crippen LogP contribution is -2.54. The van der Waals surface area contributed by atoms with Crippen LogP contribution in [0.5, 0.6) is 0 Å². The third-order valence-electron chi connectivity index (χ3n) is 5.84. The highest BCUT2D eigenvalue weighted by Gasteiger charge is 2.37. The van der Waals surface area contributed by atoms with E-state index in [0.29, 0.717) is 32.6 Å². The molecule has 1 aromatic carbocycles. The predicted molar refractivity (Wildman–Crippen MR) is 136 cm³/mol. The van der Waals surface area contributed by atoms with Gasteiger partial charge in [0.05, 0.1) is 11.8 Å². The number of carbonyl (C=O) groups is 1. The number of nitrogens with one attached hydrogen (secondary N) is 1. The van der Waals surface area contributed by atoms with E-state index in [-0.39, 0.29) is 5.75 Å². The summed E-state index contributed by atoms with van der Waals surface area (Å²) in [7, 11) is -3.70. The van der Waals surface area contributed by atoms with Crippen LogP contribution in [0.3, 0.4) is 0 Å². The first-order chi connectivity index (χ1) is 16.1. The van der Waals surface area contributed by atoms with Crippen LogP contribution < -0.4 is 10.2 Å². The topological polar surface area (TPSA) is 103 Å². The standard InChI is InChI=1S/C24H29BrN4O4S/c1-24(2,12-6-9-19-7-4-3-5-8-19)21(27-23(30)31)18-34(32,33)29-15-13-28(14-16-29)22-11-10-20(25)17-26-22/h3-5,7-8,10-11,17,21,27H,12-16,18H2,1-2H3,(H,30,31). The summed E-state index contributed by atoms with van der Waals surface area (Å²) < 4.78 is 28.8. The average molecular weight is 549 g/mol. The van der Waals surface area contributed by atoms with Crippen LogP contribution >= 0.6 is 15.9 Å². The van der Waals surface area contributed by atoms with Crippen molar-refractivity contribution in [2.45, 2.75) is 26.3 Å². The summed E-state index contributed by atoms with van der Waals surface area (Å²) in [5, 5.41) is 11.8. The van der Waals surface area contributed by atoms with Crippen LogP contribution in [-0.2, 0) is 10.0 Å². The number of benzene rings is 1. The van der Waals surface area contributed by atoms with Gasteiger partial charge in [0.15, 0.2) is 0 Å². The quantitative estimate of drug-likeness (QED) is 0.514. The normalized spacial score (nSPS) is 15.8. The molecule has 1 aliphatic rings. The number of hydrogen-bond donors (Lipinski definition) is 2. The number of hydrogen-bond acceptors (Lipinski definition) is 5. The Morgan fingerprint density at radius 3 is 2.44 bits per heavy atom. The Morgan fingerprint density at radius 2 is 1.85 bits per heavy atom. The highest BCUT2D eigenvalue weighted by molar-refractivity contribution is 9.10. The number of carboxylic acid groups (broad SMARTS) is 1. The molecule has 10 heteroatoms. The van der Waals surface area contributed by atoms with Crippen LogP contribution in [-0.4, -0.2) is 66.9 Å². The van der Waals surface area contributed by atoms with Crippen molar-refractivity contribution in [3.8, 4) is 11.8 Å². The molecular formula is C24H29BrN4O4S. The van der Waals surface area contributed by atoms with Crippen molar-refractivity contribution in [2.75, 3.05) is 36.8 Å². The molecule has 34 heavy (non-hydrogen) atoms. The fraction of sp³-hybridized carbons (Fsp3) is 0.417. The van der Waals surface area contributed by atoms with E-state index in [0.717, 1.165) is 15.9 Å². The Hall–Kier alpha value is -2.61. The number of rotatable bonds is 7. The Morgan fingerprint density at radius 1 is 1.18 bits per heavy atom. The minimum atomic E-state index is -3.70. The average Bonchev–Trinajstić information content (AvgIpc) is 2.79. The van der Waals surface area contributed by atoms with Crippen molar-refractivity contribution in [1.29, 1.82) is 0 Å². The molecule has 0 bridgehead atoms. The second kappa shape index (κ2) is 11.2. The second-order valence-electron chi connectivity index (χ2n) is 8.83. The van der Waals surface area contributed by atoms with Gasteiger partial charge in [0, 0.05) is 48.8 Å². The molecule has 1 unspecified atom stereocenters. The third-order valence-corrected chi connectivity index (χ3v) is 8.21. The summed E-state index contributed by atoms with van der Waals surface area (Å²) in [5.74, 6) is 6.61. The summed E-state index contributed by atoms with van der Waals surface area (Å²) in [5.41, 5.74) is 0.156. The van der Waals surface area contributed by atoms with Crippen LogP contribution in [0.1, 0.15) is 25.8 Å². The summed E-state index contributed by atoms with van der Waals surface area (Å²) in [4.78, 5) is 17.9. The van der Waals surface area contributed by atoms with E-state index in [1.54, 1.807) is 6.20 Å². The minimum absolute atomic E-state index is 0.314. The lowest BCUT2D eigenvalue weighted by Gasteiger charge is -2.37. The molecule has 1 atom stereocenters. The number of sulfonamides is 1. The van der Waals surface area contributed by atoms with Gasteiger partial charge < -0.3 is 15.3 Å². The molecule has 0 radical (unpaired) electrons. The van der Waals surface area contributed by atoms with Crippen molar-refractivity contribution >= 4 is 37.9 Å². The lowest BCUT2D eigenvalue weighted by atomic mass is 9.82. The molecule has 1 fully saturated rings. The van der Waals surface area contributed by atoms with E-state index in [4.69, 9.17) is 0 Å². The van der Waals surface area contributed by atoms with E-state index >= 15 is 0 Å². The summed E-state index contributed by atoms with van der Waals surface area (Å²) in [6.07, 6.45) is 0.796. The smallest absolute Gasteiger partial charge is 0.404 e. The van der Waals surface area contributed by atoms with E-state index in [1.165, 1.54) is 4.31 Å². The van der Waals surface area contributed by atoms with Crippen LogP contribution in [0.4, 0.5) is 10.6 Å². The Kier molecular flexibility index (Phi) is 8.57. The summed E-state index contributed by atoms with van der Waals surface area (Å²) in [6.45, 7) is 5.32. The van der Waals surface area contributed by atoms with Crippen molar-refractivity contribution in [2.24, 2.45) is 5.41 Å². The number of aromatic nitrogens is 1. The van der Waals surface area contributed by atoms with Gasteiger partial charge in [-0.25, -0.2) is 18.2 Å². The summed E-state index contributed by atoms with van der Waals surface area (Å²) >= 11 is 3.36. The van der Waals surface area contributed by atoms with Gasteiger partial charge in [-0.2, -0.15) is 4.31 Å². The number of anilines is 1. The first-order valence-corrected chi connectivity index (χ1v) is 13.3. The van der Waals surface area contributed by atoms with Gasteiger partial charge in [-0.3, -0.25) is 0 Å². The van der Waals surface area contributed by atoms with Gasteiger partial charge in [0.2, 0.25) is 10.0 Å². The van der Waals surface area contributed by atoms with Gasteiger partial charge in [0.1, 0.15) is 5.82 Å². The Bertz CT molecular complexity index is 1140. The van der Waals surface area contributed by atoms with Crippen LogP contribution in [0, 0.1) is 17.3 Å². The van der Waals surface area contributed by atoms with Gasteiger partial charge in [-0.15, -0.1) is 0 Å². The fourth-order valence-electron chi connectivity index (χ4n) is 3.70. The van der Waals surface area contributed by atoms with Crippen molar-refractivity contribution in [3.63, 3.8) is 0 Å². The van der Waals surface area contributed by atoms with E-state index in [1.807, 2.05) is 61.2 Å². The number of amides is 1. The second-order valence-corrected chi connectivity index (χ2v) is 11.8. The van der Waals surface area contributed by atoms with E-state index in [9.17, 15) is 18.3 Å². The molecule has 8 nitrogen and oxygen atoms in total. The van der Waals surface area contributed by atoms with Gasteiger partial charge in [-0.05, 0) is 45.6 Å². The molecule has 0 saturated carbocycles. The molecule has 182 valence electrons. The highest BCUT2D eigenvalue weighted by Crippen LogP contribution is 2.27. The largest absolute Gasteiger partial charge is 0.465 e. The van der Waals surface area contributed by atoms with Crippen molar-refractivity contribution < 1.29 is 18.3 Å². The van der Waals surface area contributed by atoms with E-state index in [2.05, 4.69) is 38.1 Å². The molecule has 3 rings (SSSR count). The number of pyridine rings is 1. The van der Waals surface area contributed by atoms with Gasteiger partial charge in [-0.1, -0.05) is 43.9 Å². The number of halogens is 1. The molecular weight excluding hydrogens is 520 g/mol. The first-order valence-electron chi connectivity index (χ1n) is 10.9. The monoisotopic (exact) mass is 548 g/mol. The molecule has 0 spiro atoms. The van der Waals surface area contributed by atoms with Crippen molar-refractivity contribution in [3.05, 3.63) is 58.7 Å². The molecule has 1 saturated heterocycles. The zero-order chi connectivity index (χ0) is 24.8. The fourth-order valence-corrected chi connectivity index (χ4v) is 5.82. The molecule has 1 aromatic heterocycles. The van der Waals surface area contributed by atoms with Gasteiger partial charge >= 0.3 is 6.09 Å². The maximum absolute atomic E-state index is 13.2. The van der Waals surface area contributed by atoms with Crippen LogP contribution in [0.2, 0.25) is 0 Å². The highest BCUT2D eigenvalue weighted by atomic mass is 79.9. The molecule has 2 aromatic rings. The Labute approximate surface area is 209 Å². The summed E-state index contributed by atoms with van der Waals surface area (Å²) in [6, 6.07) is 12.4. The maximum atomic E-state index is 13.2. The van der Waals surface area contributed by atoms with Crippen LogP contribution in [0.25, 0.3) is 0 Å². The SMILES string of the molecule is CC(C)(CC#Cc1ccccc1)C(CS(=O)(=O)N1CCN(c2ccc(Br)cn2)CC1)NC(=O)O. The van der Waals surface area contributed by atoms with Crippen LogP contribution in [0.15, 0.2) is 53.1 Å². The molecule has 1 aliphatic heterocycles. The maximum Gasteiger partial charge on any atom is 0.404 e. The Balaban J connectivity index is 1.66. The molecule has 2 heterocycles. The minimum Gasteiger partial charge on any atom is -0.465 e. The van der Waals surface area contributed by atoms with E-state index < -0.39 is 27.6 Å². The zero-order valence-corrected chi connectivity index (χ0v) is 21.6. The number of piperazine rings is 1. The zero-order valence-electron chi connectivity index (χ0n) is 19.2. The molecule has 0 aliphatic carbocycles. The molecule has 1 amide bonds. The first kappa shape index (κ1) is 26.0. The predicted octanol–water partition coefficient (Wildman–Crippen LogP) is 3.40. The van der Waals surface area contributed by atoms with Crippen molar-refractivity contribution in [1.82, 2.24) is 14.6 Å². The lowest BCUT2D eigenvalue weighted by molar-refractivity contribution is 0.175. The molecule has 2 N–H and O–H groups in total.